The fraction of sp³-hybridized carbons (Fsp3) is 0.562. The van der Waals surface area contributed by atoms with E-state index in [9.17, 15) is 0 Å². The number of aliphatic imine (C=N–C) groups is 1. The van der Waals surface area contributed by atoms with E-state index in [0.717, 1.165) is 29.9 Å². The lowest BCUT2D eigenvalue weighted by Gasteiger charge is -2.22. The first kappa shape index (κ1) is 15.6. The van der Waals surface area contributed by atoms with E-state index in [0.29, 0.717) is 12.6 Å². The second-order valence-electron chi connectivity index (χ2n) is 6.14. The third-order valence-corrected chi connectivity index (χ3v) is 4.20. The number of rotatable bonds is 5. The Kier molecular flexibility index (Phi) is 4.36. The first-order valence-corrected chi connectivity index (χ1v) is 7.94. The van der Waals surface area contributed by atoms with E-state index in [1.807, 2.05) is 38.6 Å². The highest BCUT2D eigenvalue weighted by Gasteiger charge is 2.24. The van der Waals surface area contributed by atoms with Gasteiger partial charge in [-0.2, -0.15) is 0 Å². The molecule has 0 radical (unpaired) electrons. The van der Waals surface area contributed by atoms with E-state index < -0.39 is 0 Å². The Hall–Kier alpha value is -2.31. The molecule has 1 aliphatic carbocycles. The summed E-state index contributed by atoms with van der Waals surface area (Å²) in [5.41, 5.74) is 1.17. The first-order chi connectivity index (χ1) is 11.0. The van der Waals surface area contributed by atoms with Crippen LogP contribution in [0.1, 0.15) is 35.8 Å². The molecule has 7 nitrogen and oxygen atoms in total. The van der Waals surface area contributed by atoms with Crippen LogP contribution in [0.4, 0.5) is 0 Å². The fourth-order valence-electron chi connectivity index (χ4n) is 2.33. The Labute approximate surface area is 136 Å². The molecular formula is C16H24N6O. The lowest BCUT2D eigenvalue weighted by molar-refractivity contribution is 0.461. The van der Waals surface area contributed by atoms with Crippen molar-refractivity contribution in [2.24, 2.45) is 12.0 Å². The number of hydrogen-bond donors (Lipinski definition) is 1. The van der Waals surface area contributed by atoms with Gasteiger partial charge in [0.25, 0.3) is 0 Å². The van der Waals surface area contributed by atoms with Gasteiger partial charge in [-0.25, -0.2) is 4.99 Å². The summed E-state index contributed by atoms with van der Waals surface area (Å²) in [7, 11) is 4.01. The van der Waals surface area contributed by atoms with Gasteiger partial charge in [0, 0.05) is 32.2 Å². The van der Waals surface area contributed by atoms with E-state index in [-0.39, 0.29) is 0 Å². The summed E-state index contributed by atoms with van der Waals surface area (Å²) in [5.74, 6) is 3.61. The number of aromatic nitrogens is 3. The monoisotopic (exact) mass is 316 g/mol. The standard InChI is InChI=1S/C16H24N6O/c1-11-13(7-8-23-11)10-21(3)16(18-14-5-6-14)17-9-15-20-19-12(2)22(15)4/h7-8,14H,5-6,9-10H2,1-4H3,(H,17,18). The molecule has 1 saturated carbocycles. The zero-order valence-corrected chi connectivity index (χ0v) is 14.2. The molecule has 23 heavy (non-hydrogen) atoms. The van der Waals surface area contributed by atoms with E-state index >= 15 is 0 Å². The van der Waals surface area contributed by atoms with E-state index in [2.05, 4.69) is 20.4 Å². The number of aryl methyl sites for hydroxylation is 2. The van der Waals surface area contributed by atoms with Crippen LogP contribution in [0.3, 0.4) is 0 Å². The van der Waals surface area contributed by atoms with Gasteiger partial charge in [0.05, 0.1) is 6.26 Å². The van der Waals surface area contributed by atoms with Crippen LogP contribution in [0.15, 0.2) is 21.7 Å². The van der Waals surface area contributed by atoms with Gasteiger partial charge in [0.1, 0.15) is 18.1 Å². The van der Waals surface area contributed by atoms with Crippen LogP contribution in [0, 0.1) is 13.8 Å². The predicted molar refractivity (Wildman–Crippen MR) is 87.9 cm³/mol. The number of nitrogens with zero attached hydrogens (tertiary/aromatic N) is 5. The van der Waals surface area contributed by atoms with E-state index in [1.54, 1.807) is 6.26 Å². The molecular weight excluding hydrogens is 292 g/mol. The molecule has 0 amide bonds. The molecule has 124 valence electrons. The number of hydrogen-bond acceptors (Lipinski definition) is 4. The molecule has 1 N–H and O–H groups in total. The van der Waals surface area contributed by atoms with Crippen molar-refractivity contribution in [3.8, 4) is 0 Å². The van der Waals surface area contributed by atoms with Gasteiger partial charge in [-0.15, -0.1) is 10.2 Å². The van der Waals surface area contributed by atoms with Gasteiger partial charge >= 0.3 is 0 Å². The Morgan fingerprint density at radius 3 is 2.78 bits per heavy atom. The van der Waals surface area contributed by atoms with E-state index in [1.165, 1.54) is 18.4 Å². The van der Waals surface area contributed by atoms with Gasteiger partial charge in [-0.05, 0) is 32.8 Å². The second kappa shape index (κ2) is 6.44. The fourth-order valence-corrected chi connectivity index (χ4v) is 2.33. The Morgan fingerprint density at radius 2 is 2.22 bits per heavy atom. The van der Waals surface area contributed by atoms with Crippen LogP contribution >= 0.6 is 0 Å². The molecule has 0 saturated heterocycles. The van der Waals surface area contributed by atoms with Gasteiger partial charge < -0.3 is 19.2 Å². The Balaban J connectivity index is 1.72. The Morgan fingerprint density at radius 1 is 1.43 bits per heavy atom. The van der Waals surface area contributed by atoms with Crippen molar-refractivity contribution < 1.29 is 4.42 Å². The average Bonchev–Trinajstić information content (AvgIpc) is 3.19. The smallest absolute Gasteiger partial charge is 0.194 e. The third-order valence-electron chi connectivity index (χ3n) is 4.20. The van der Waals surface area contributed by atoms with Gasteiger partial charge in [-0.3, -0.25) is 0 Å². The summed E-state index contributed by atoms with van der Waals surface area (Å²) >= 11 is 0. The van der Waals surface area contributed by atoms with Crippen LogP contribution in [0.2, 0.25) is 0 Å². The summed E-state index contributed by atoms with van der Waals surface area (Å²) in [6.07, 6.45) is 4.15. The number of guanidine groups is 1. The van der Waals surface area contributed by atoms with Crippen LogP contribution in [-0.2, 0) is 20.1 Å². The van der Waals surface area contributed by atoms with Crippen molar-refractivity contribution >= 4 is 5.96 Å². The summed E-state index contributed by atoms with van der Waals surface area (Å²) < 4.78 is 7.35. The van der Waals surface area contributed by atoms with Crippen molar-refractivity contribution in [3.05, 3.63) is 35.3 Å². The van der Waals surface area contributed by atoms with Gasteiger partial charge in [0.2, 0.25) is 0 Å². The summed E-state index contributed by atoms with van der Waals surface area (Å²) in [6, 6.07) is 2.55. The molecule has 0 unspecified atom stereocenters. The highest BCUT2D eigenvalue weighted by Crippen LogP contribution is 2.19. The SMILES string of the molecule is Cc1occc1CN(C)C(=NCc1nnc(C)n1C)NC1CC1. The molecule has 0 aromatic carbocycles. The molecule has 0 bridgehead atoms. The topological polar surface area (TPSA) is 71.5 Å². The first-order valence-electron chi connectivity index (χ1n) is 7.94. The molecule has 7 heteroatoms. The highest BCUT2D eigenvalue weighted by atomic mass is 16.3. The molecule has 2 heterocycles. The summed E-state index contributed by atoms with van der Waals surface area (Å²) in [6.45, 7) is 5.20. The second-order valence-corrected chi connectivity index (χ2v) is 6.14. The van der Waals surface area contributed by atoms with Gasteiger partial charge in [0.15, 0.2) is 11.8 Å². The van der Waals surface area contributed by atoms with Crippen molar-refractivity contribution in [2.45, 2.75) is 45.8 Å². The zero-order valence-electron chi connectivity index (χ0n) is 14.2. The number of nitrogens with one attached hydrogen (secondary N) is 1. The van der Waals surface area contributed by atoms with Crippen LogP contribution in [-0.4, -0.2) is 38.7 Å². The minimum Gasteiger partial charge on any atom is -0.469 e. The molecule has 0 atom stereocenters. The van der Waals surface area contributed by atoms with Crippen LogP contribution in [0.25, 0.3) is 0 Å². The van der Waals surface area contributed by atoms with Crippen LogP contribution < -0.4 is 5.32 Å². The largest absolute Gasteiger partial charge is 0.469 e. The maximum Gasteiger partial charge on any atom is 0.194 e. The number of furan rings is 1. The normalized spacial score (nSPS) is 15.0. The molecule has 2 aromatic rings. The molecule has 1 aliphatic rings. The predicted octanol–water partition coefficient (Wildman–Crippen LogP) is 1.76. The maximum atomic E-state index is 5.38. The molecule has 3 rings (SSSR count). The average molecular weight is 316 g/mol. The van der Waals surface area contributed by atoms with Crippen molar-refractivity contribution in [3.63, 3.8) is 0 Å². The van der Waals surface area contributed by atoms with Crippen molar-refractivity contribution in [1.29, 1.82) is 0 Å². The minimum atomic E-state index is 0.515. The van der Waals surface area contributed by atoms with Crippen LogP contribution in [0.5, 0.6) is 0 Å². The minimum absolute atomic E-state index is 0.515. The van der Waals surface area contributed by atoms with Crippen molar-refractivity contribution in [2.75, 3.05) is 7.05 Å². The molecule has 2 aromatic heterocycles. The third kappa shape index (κ3) is 3.72. The van der Waals surface area contributed by atoms with E-state index in [4.69, 9.17) is 9.41 Å². The summed E-state index contributed by atoms with van der Waals surface area (Å²) in [5, 5.41) is 11.8. The zero-order chi connectivity index (χ0) is 16.4. The maximum absolute atomic E-state index is 5.38. The molecule has 0 spiro atoms. The summed E-state index contributed by atoms with van der Waals surface area (Å²) in [4.78, 5) is 6.86. The molecule has 0 aliphatic heterocycles. The van der Waals surface area contributed by atoms with Gasteiger partial charge in [-0.1, -0.05) is 0 Å². The highest BCUT2D eigenvalue weighted by molar-refractivity contribution is 5.80. The Bertz CT molecular complexity index is 697. The van der Waals surface area contributed by atoms with Crippen molar-refractivity contribution in [1.82, 2.24) is 25.0 Å². The quantitative estimate of drug-likeness (QED) is 0.672. The lowest BCUT2D eigenvalue weighted by atomic mass is 10.2. The lowest BCUT2D eigenvalue weighted by Crippen LogP contribution is -2.39. The molecule has 1 fully saturated rings.